The van der Waals surface area contributed by atoms with Crippen molar-refractivity contribution in [2.75, 3.05) is 59.0 Å². The van der Waals surface area contributed by atoms with Crippen molar-refractivity contribution in [2.45, 2.75) is 45.3 Å². The number of ether oxygens (including phenoxy) is 1. The zero-order valence-corrected chi connectivity index (χ0v) is 17.0. The lowest BCUT2D eigenvalue weighted by molar-refractivity contribution is 0.0693. The maximum atomic E-state index is 10.4. The molecule has 0 radical (unpaired) electrons. The van der Waals surface area contributed by atoms with Crippen LogP contribution in [0.2, 0.25) is 0 Å². The molecule has 1 aromatic carbocycles. The summed E-state index contributed by atoms with van der Waals surface area (Å²) in [6.45, 7) is 12.3. The second-order valence-electron chi connectivity index (χ2n) is 8.04. The Morgan fingerprint density at radius 3 is 2.33 bits per heavy atom. The number of β-amino-alcohol motifs (C(OH)–C–C–N with tert-alkyl or cyclic N) is 1. The van der Waals surface area contributed by atoms with Crippen molar-refractivity contribution in [3.05, 3.63) is 29.8 Å². The van der Waals surface area contributed by atoms with Crippen LogP contribution in [0.1, 0.15) is 38.2 Å². The number of piperazine rings is 1. The van der Waals surface area contributed by atoms with Gasteiger partial charge >= 0.3 is 0 Å². The molecule has 3 rings (SSSR count). The van der Waals surface area contributed by atoms with Crippen molar-refractivity contribution in [1.82, 2.24) is 14.7 Å². The fraction of sp³-hybridized carbons (Fsp3) is 0.727. The van der Waals surface area contributed by atoms with Crippen molar-refractivity contribution >= 4 is 0 Å². The van der Waals surface area contributed by atoms with Crippen LogP contribution in [-0.2, 0) is 6.54 Å². The van der Waals surface area contributed by atoms with Gasteiger partial charge in [0.1, 0.15) is 18.5 Å². The Balaban J connectivity index is 1.42. The minimum atomic E-state index is -0.422. The average Bonchev–Trinajstić information content (AvgIpc) is 2.96. The Kier molecular flexibility index (Phi) is 8.39. The Bertz CT molecular complexity index is 538. The summed E-state index contributed by atoms with van der Waals surface area (Å²) in [6, 6.07) is 8.36. The highest BCUT2D eigenvalue weighted by molar-refractivity contribution is 5.28. The summed E-state index contributed by atoms with van der Waals surface area (Å²) in [7, 11) is 0. The average molecular weight is 376 g/mol. The second-order valence-corrected chi connectivity index (χ2v) is 8.04. The topological polar surface area (TPSA) is 39.2 Å². The van der Waals surface area contributed by atoms with E-state index in [0.717, 1.165) is 64.7 Å². The van der Waals surface area contributed by atoms with Crippen molar-refractivity contribution in [3.8, 4) is 5.75 Å². The molecule has 152 valence electrons. The maximum absolute atomic E-state index is 10.4. The Hall–Kier alpha value is -1.14. The van der Waals surface area contributed by atoms with Gasteiger partial charge < -0.3 is 19.6 Å². The Morgan fingerprint density at radius 1 is 0.926 bits per heavy atom. The van der Waals surface area contributed by atoms with Crippen LogP contribution < -0.4 is 4.74 Å². The third kappa shape index (κ3) is 7.07. The molecule has 5 heteroatoms. The van der Waals surface area contributed by atoms with E-state index in [9.17, 15) is 5.11 Å². The van der Waals surface area contributed by atoms with E-state index in [4.69, 9.17) is 4.74 Å². The third-order valence-corrected chi connectivity index (χ3v) is 5.83. The first-order valence-electron chi connectivity index (χ1n) is 10.8. The molecule has 0 aliphatic carbocycles. The number of hydrogen-bond donors (Lipinski definition) is 1. The van der Waals surface area contributed by atoms with Crippen molar-refractivity contribution in [2.24, 2.45) is 0 Å². The molecular formula is C22H37N3O2. The van der Waals surface area contributed by atoms with Crippen LogP contribution in [0.4, 0.5) is 0 Å². The summed E-state index contributed by atoms with van der Waals surface area (Å²) in [6.07, 6.45) is 4.73. The third-order valence-electron chi connectivity index (χ3n) is 5.83. The van der Waals surface area contributed by atoms with Crippen molar-refractivity contribution in [1.29, 1.82) is 0 Å². The molecule has 0 spiro atoms. The minimum absolute atomic E-state index is 0.370. The molecule has 1 N–H and O–H groups in total. The highest BCUT2D eigenvalue weighted by Gasteiger charge is 2.16. The predicted molar refractivity (Wildman–Crippen MR) is 110 cm³/mol. The molecular weight excluding hydrogens is 338 g/mol. The lowest BCUT2D eigenvalue weighted by Crippen LogP contribution is -2.45. The van der Waals surface area contributed by atoms with Crippen molar-refractivity contribution < 1.29 is 9.84 Å². The quantitative estimate of drug-likeness (QED) is 0.756. The van der Waals surface area contributed by atoms with E-state index in [1.165, 1.54) is 31.2 Å². The van der Waals surface area contributed by atoms with Crippen LogP contribution in [0.25, 0.3) is 0 Å². The normalized spacial score (nSPS) is 21.7. The van der Waals surface area contributed by atoms with E-state index in [-0.39, 0.29) is 0 Å². The molecule has 1 aromatic rings. The monoisotopic (exact) mass is 375 g/mol. The molecule has 0 aromatic heterocycles. The zero-order chi connectivity index (χ0) is 18.9. The van der Waals surface area contributed by atoms with E-state index < -0.39 is 6.10 Å². The first-order valence-corrected chi connectivity index (χ1v) is 10.8. The summed E-state index contributed by atoms with van der Waals surface area (Å²) < 4.78 is 5.90. The molecule has 1 atom stereocenters. The van der Waals surface area contributed by atoms with E-state index >= 15 is 0 Å². The molecule has 0 bridgehead atoms. The number of benzene rings is 1. The highest BCUT2D eigenvalue weighted by Crippen LogP contribution is 2.17. The van der Waals surface area contributed by atoms with Crippen LogP contribution in [-0.4, -0.2) is 84.9 Å². The molecule has 27 heavy (non-hydrogen) atoms. The van der Waals surface area contributed by atoms with Gasteiger partial charge in [0.2, 0.25) is 0 Å². The van der Waals surface area contributed by atoms with E-state index in [1.54, 1.807) is 0 Å². The van der Waals surface area contributed by atoms with Crippen LogP contribution in [0.15, 0.2) is 24.3 Å². The number of aliphatic hydroxyl groups is 1. The molecule has 5 nitrogen and oxygen atoms in total. The van der Waals surface area contributed by atoms with Gasteiger partial charge in [-0.15, -0.1) is 0 Å². The molecule has 2 saturated heterocycles. The summed E-state index contributed by atoms with van der Waals surface area (Å²) in [5, 5.41) is 10.4. The van der Waals surface area contributed by atoms with E-state index in [0.29, 0.717) is 6.61 Å². The molecule has 0 amide bonds. The number of rotatable bonds is 8. The molecule has 2 fully saturated rings. The summed E-state index contributed by atoms with van der Waals surface area (Å²) in [4.78, 5) is 7.40. The SMILES string of the molecule is CCN1CCN(Cc2cccc(OCC(O)CN3CCCCCC3)c2)CC1. The van der Waals surface area contributed by atoms with Gasteiger partial charge in [0.25, 0.3) is 0 Å². The van der Waals surface area contributed by atoms with Gasteiger partial charge in [0.05, 0.1) is 0 Å². The van der Waals surface area contributed by atoms with E-state index in [1.807, 2.05) is 6.07 Å². The van der Waals surface area contributed by atoms with Crippen LogP contribution in [0.5, 0.6) is 5.75 Å². The van der Waals surface area contributed by atoms with Crippen LogP contribution >= 0.6 is 0 Å². The lowest BCUT2D eigenvalue weighted by Gasteiger charge is -2.34. The number of likely N-dealkylation sites (tertiary alicyclic amines) is 1. The number of nitrogens with zero attached hydrogens (tertiary/aromatic N) is 3. The van der Waals surface area contributed by atoms with Gasteiger partial charge in [0, 0.05) is 39.3 Å². The van der Waals surface area contributed by atoms with Gasteiger partial charge in [-0.3, -0.25) is 4.90 Å². The summed E-state index contributed by atoms with van der Waals surface area (Å²) >= 11 is 0. The molecule has 2 heterocycles. The first kappa shape index (κ1) is 20.6. The largest absolute Gasteiger partial charge is 0.491 e. The number of likely N-dealkylation sites (N-methyl/N-ethyl adjacent to an activating group) is 1. The van der Waals surface area contributed by atoms with Gasteiger partial charge in [-0.1, -0.05) is 31.9 Å². The van der Waals surface area contributed by atoms with E-state index in [2.05, 4.69) is 39.8 Å². The smallest absolute Gasteiger partial charge is 0.119 e. The van der Waals surface area contributed by atoms with Gasteiger partial charge in [-0.05, 0) is 50.2 Å². The van der Waals surface area contributed by atoms with Gasteiger partial charge in [-0.2, -0.15) is 0 Å². The Morgan fingerprint density at radius 2 is 1.63 bits per heavy atom. The number of hydrogen-bond acceptors (Lipinski definition) is 5. The second kappa shape index (κ2) is 11.0. The van der Waals surface area contributed by atoms with Gasteiger partial charge in [0.15, 0.2) is 0 Å². The van der Waals surface area contributed by atoms with Crippen LogP contribution in [0.3, 0.4) is 0 Å². The van der Waals surface area contributed by atoms with Crippen molar-refractivity contribution in [3.63, 3.8) is 0 Å². The molecule has 0 saturated carbocycles. The highest BCUT2D eigenvalue weighted by atomic mass is 16.5. The molecule has 2 aliphatic heterocycles. The zero-order valence-electron chi connectivity index (χ0n) is 17.0. The van der Waals surface area contributed by atoms with Crippen LogP contribution in [0, 0.1) is 0 Å². The molecule has 2 aliphatic rings. The summed E-state index contributed by atoms with van der Waals surface area (Å²) in [5.41, 5.74) is 1.29. The summed E-state index contributed by atoms with van der Waals surface area (Å²) in [5.74, 6) is 0.870. The number of aliphatic hydroxyl groups excluding tert-OH is 1. The van der Waals surface area contributed by atoms with Gasteiger partial charge in [-0.25, -0.2) is 0 Å². The fourth-order valence-electron chi connectivity index (χ4n) is 4.12. The first-order chi connectivity index (χ1) is 13.2. The Labute approximate surface area is 164 Å². The lowest BCUT2D eigenvalue weighted by atomic mass is 10.2. The predicted octanol–water partition coefficient (Wildman–Crippen LogP) is 2.44. The fourth-order valence-corrected chi connectivity index (χ4v) is 4.12. The maximum Gasteiger partial charge on any atom is 0.119 e. The standard InChI is InChI=1S/C22H37N3O2/c1-2-23-12-14-25(15-13-23)17-20-8-7-9-22(16-20)27-19-21(26)18-24-10-5-3-4-6-11-24/h7-9,16,21,26H,2-6,10-15,17-19H2,1H3. The molecule has 1 unspecified atom stereocenters. The minimum Gasteiger partial charge on any atom is -0.491 e.